The SMILES string of the molecule is CC1(C)OB(c2cccc3oc4c(ccc5c(-c6ccccc6)c(-c6ccccc6)oc54)c23)OC1(C)C. The third-order valence-corrected chi connectivity index (χ3v) is 7.96. The number of hydrogen-bond donors (Lipinski definition) is 0. The zero-order chi connectivity index (χ0) is 25.4. The summed E-state index contributed by atoms with van der Waals surface area (Å²) in [7, 11) is -0.485. The van der Waals surface area contributed by atoms with Gasteiger partial charge < -0.3 is 18.1 Å². The molecule has 4 aromatic carbocycles. The second kappa shape index (κ2) is 7.85. The van der Waals surface area contributed by atoms with E-state index in [0.717, 1.165) is 60.8 Å². The minimum Gasteiger partial charge on any atom is -0.452 e. The molecule has 0 radical (unpaired) electrons. The largest absolute Gasteiger partial charge is 0.495 e. The monoisotopic (exact) mass is 486 g/mol. The van der Waals surface area contributed by atoms with Gasteiger partial charge in [0.1, 0.15) is 11.3 Å². The van der Waals surface area contributed by atoms with Crippen molar-refractivity contribution in [3.05, 3.63) is 91.0 Å². The minimum atomic E-state index is -0.485. The van der Waals surface area contributed by atoms with Gasteiger partial charge in [-0.15, -0.1) is 0 Å². The predicted octanol–water partition coefficient (Wildman–Crippen LogP) is 7.97. The summed E-state index contributed by atoms with van der Waals surface area (Å²) in [5.41, 5.74) is 5.57. The van der Waals surface area contributed by atoms with Gasteiger partial charge in [-0.3, -0.25) is 0 Å². The van der Waals surface area contributed by atoms with Crippen molar-refractivity contribution in [3.63, 3.8) is 0 Å². The third kappa shape index (κ3) is 3.31. The number of furan rings is 2. The van der Waals surface area contributed by atoms with Crippen molar-refractivity contribution in [2.75, 3.05) is 0 Å². The number of rotatable bonds is 3. The Morgan fingerprint density at radius 3 is 1.84 bits per heavy atom. The molecule has 0 amide bonds. The zero-order valence-corrected chi connectivity index (χ0v) is 21.4. The van der Waals surface area contributed by atoms with E-state index in [2.05, 4.69) is 82.3 Å². The van der Waals surface area contributed by atoms with Crippen LogP contribution < -0.4 is 5.46 Å². The summed E-state index contributed by atoms with van der Waals surface area (Å²) >= 11 is 0. The molecule has 3 heterocycles. The van der Waals surface area contributed by atoms with E-state index in [0.29, 0.717) is 0 Å². The van der Waals surface area contributed by atoms with E-state index < -0.39 is 18.3 Å². The molecule has 4 nitrogen and oxygen atoms in total. The number of fused-ring (bicyclic) bond motifs is 5. The smallest absolute Gasteiger partial charge is 0.452 e. The maximum absolute atomic E-state index is 6.66. The highest BCUT2D eigenvalue weighted by atomic mass is 16.7. The second-order valence-electron chi connectivity index (χ2n) is 10.8. The Labute approximate surface area is 215 Å². The normalized spacial score (nSPS) is 16.8. The molecule has 1 aliphatic heterocycles. The molecule has 1 saturated heterocycles. The lowest BCUT2D eigenvalue weighted by atomic mass is 9.76. The standard InChI is InChI=1S/C32H27BO4/c1-31(2)32(3,4)37-33(36-31)24-16-11-17-25-27(24)23-19-18-22-26(20-12-7-5-8-13-20)28(21-14-9-6-10-15-21)35-30(22)29(23)34-25/h5-19H,1-4H3. The lowest BCUT2D eigenvalue weighted by Gasteiger charge is -2.32. The summed E-state index contributed by atoms with van der Waals surface area (Å²) in [6.45, 7) is 8.29. The van der Waals surface area contributed by atoms with Crippen molar-refractivity contribution in [1.29, 1.82) is 0 Å². The molecule has 0 N–H and O–H groups in total. The fraction of sp³-hybridized carbons (Fsp3) is 0.188. The summed E-state index contributed by atoms with van der Waals surface area (Å²) in [6.07, 6.45) is 0. The first-order valence-corrected chi connectivity index (χ1v) is 12.7. The molecule has 0 unspecified atom stereocenters. The highest BCUT2D eigenvalue weighted by molar-refractivity contribution is 6.66. The Balaban J connectivity index is 1.50. The van der Waals surface area contributed by atoms with E-state index in [-0.39, 0.29) is 0 Å². The van der Waals surface area contributed by atoms with Crippen LogP contribution in [0.1, 0.15) is 27.7 Å². The molecule has 2 aromatic heterocycles. The maximum Gasteiger partial charge on any atom is 0.495 e. The first-order chi connectivity index (χ1) is 17.8. The topological polar surface area (TPSA) is 44.7 Å². The summed E-state index contributed by atoms with van der Waals surface area (Å²) in [6, 6.07) is 31.0. The average molecular weight is 486 g/mol. The van der Waals surface area contributed by atoms with Crippen LogP contribution in [0, 0.1) is 0 Å². The fourth-order valence-electron chi connectivity index (χ4n) is 5.32. The Hall–Kier alpha value is -3.80. The van der Waals surface area contributed by atoms with Gasteiger partial charge in [-0.05, 0) is 56.9 Å². The van der Waals surface area contributed by atoms with Crippen LogP contribution in [0.3, 0.4) is 0 Å². The summed E-state index contributed by atoms with van der Waals surface area (Å²) in [4.78, 5) is 0. The van der Waals surface area contributed by atoms with Crippen molar-refractivity contribution < 1.29 is 18.1 Å². The van der Waals surface area contributed by atoms with Crippen molar-refractivity contribution in [2.45, 2.75) is 38.9 Å². The molecule has 6 aromatic rings. The van der Waals surface area contributed by atoms with Crippen molar-refractivity contribution in [1.82, 2.24) is 0 Å². The van der Waals surface area contributed by atoms with E-state index in [1.165, 1.54) is 0 Å². The van der Waals surface area contributed by atoms with Gasteiger partial charge in [0.05, 0.1) is 11.2 Å². The van der Waals surface area contributed by atoms with Crippen LogP contribution in [0.15, 0.2) is 99.8 Å². The lowest BCUT2D eigenvalue weighted by Crippen LogP contribution is -2.41. The van der Waals surface area contributed by atoms with E-state index >= 15 is 0 Å². The maximum atomic E-state index is 6.66. The van der Waals surface area contributed by atoms with E-state index in [4.69, 9.17) is 18.1 Å². The third-order valence-electron chi connectivity index (χ3n) is 7.96. The predicted molar refractivity (Wildman–Crippen MR) is 150 cm³/mol. The quantitative estimate of drug-likeness (QED) is 0.238. The van der Waals surface area contributed by atoms with Gasteiger partial charge in [0, 0.05) is 27.3 Å². The van der Waals surface area contributed by atoms with Crippen LogP contribution in [0.25, 0.3) is 55.4 Å². The molecular formula is C32H27BO4. The molecule has 37 heavy (non-hydrogen) atoms. The molecule has 0 spiro atoms. The van der Waals surface area contributed by atoms with Crippen LogP contribution in [-0.4, -0.2) is 18.3 Å². The average Bonchev–Trinajstić information content (AvgIpc) is 3.53. The highest BCUT2D eigenvalue weighted by Gasteiger charge is 2.52. The van der Waals surface area contributed by atoms with Gasteiger partial charge in [0.15, 0.2) is 11.2 Å². The highest BCUT2D eigenvalue weighted by Crippen LogP contribution is 2.45. The molecular weight excluding hydrogens is 459 g/mol. The fourth-order valence-corrected chi connectivity index (χ4v) is 5.32. The Morgan fingerprint density at radius 1 is 0.568 bits per heavy atom. The second-order valence-corrected chi connectivity index (χ2v) is 10.8. The van der Waals surface area contributed by atoms with Gasteiger partial charge >= 0.3 is 7.12 Å². The van der Waals surface area contributed by atoms with Crippen LogP contribution in [-0.2, 0) is 9.31 Å². The first-order valence-electron chi connectivity index (χ1n) is 12.7. The summed E-state index contributed by atoms with van der Waals surface area (Å²) < 4.78 is 26.0. The van der Waals surface area contributed by atoms with Gasteiger partial charge in [0.2, 0.25) is 0 Å². The Kier molecular flexibility index (Phi) is 4.75. The van der Waals surface area contributed by atoms with Gasteiger partial charge in [0.25, 0.3) is 0 Å². The van der Waals surface area contributed by atoms with Crippen LogP contribution in [0.4, 0.5) is 0 Å². The number of hydrogen-bond acceptors (Lipinski definition) is 4. The van der Waals surface area contributed by atoms with Crippen LogP contribution >= 0.6 is 0 Å². The molecule has 7 rings (SSSR count). The van der Waals surface area contributed by atoms with E-state index in [1.807, 2.05) is 36.4 Å². The summed E-state index contributed by atoms with van der Waals surface area (Å²) in [5, 5.41) is 3.01. The van der Waals surface area contributed by atoms with Crippen LogP contribution in [0.5, 0.6) is 0 Å². The molecule has 0 atom stereocenters. The van der Waals surface area contributed by atoms with E-state index in [9.17, 15) is 0 Å². The first kappa shape index (κ1) is 22.4. The Morgan fingerprint density at radius 2 is 1.16 bits per heavy atom. The number of benzene rings is 4. The van der Waals surface area contributed by atoms with Crippen LogP contribution in [0.2, 0.25) is 0 Å². The molecule has 1 aliphatic rings. The zero-order valence-electron chi connectivity index (χ0n) is 21.4. The molecule has 0 bridgehead atoms. The van der Waals surface area contributed by atoms with Crippen molar-refractivity contribution in [2.24, 2.45) is 0 Å². The molecule has 182 valence electrons. The van der Waals surface area contributed by atoms with Gasteiger partial charge in [-0.2, -0.15) is 0 Å². The lowest BCUT2D eigenvalue weighted by molar-refractivity contribution is 0.00578. The van der Waals surface area contributed by atoms with Gasteiger partial charge in [-0.1, -0.05) is 72.8 Å². The van der Waals surface area contributed by atoms with Crippen molar-refractivity contribution in [3.8, 4) is 22.5 Å². The van der Waals surface area contributed by atoms with E-state index in [1.54, 1.807) is 0 Å². The van der Waals surface area contributed by atoms with Gasteiger partial charge in [-0.25, -0.2) is 0 Å². The molecule has 1 fully saturated rings. The minimum absolute atomic E-state index is 0.428. The Bertz CT molecular complexity index is 1760. The summed E-state index contributed by atoms with van der Waals surface area (Å²) in [5.74, 6) is 0.834. The molecule has 0 saturated carbocycles. The van der Waals surface area contributed by atoms with Crippen molar-refractivity contribution >= 4 is 45.5 Å². The molecule has 0 aliphatic carbocycles. The molecule has 5 heteroatoms.